The van der Waals surface area contributed by atoms with Crippen LogP contribution < -0.4 is 10.9 Å². The van der Waals surface area contributed by atoms with Crippen LogP contribution in [0, 0.1) is 0 Å². The summed E-state index contributed by atoms with van der Waals surface area (Å²) in [5, 5.41) is 22.0. The molecule has 0 radical (unpaired) electrons. The Morgan fingerprint density at radius 1 is 1.50 bits per heavy atom. The summed E-state index contributed by atoms with van der Waals surface area (Å²) < 4.78 is 6.19. The van der Waals surface area contributed by atoms with Gasteiger partial charge in [-0.3, -0.25) is 14.0 Å². The van der Waals surface area contributed by atoms with Gasteiger partial charge in [0, 0.05) is 19.0 Å². The maximum absolute atomic E-state index is 12.3. The average Bonchev–Trinajstić information content (AvgIpc) is 2.51. The minimum atomic E-state index is -0.807. The Bertz CT molecular complexity index is 773. The number of hydrogen-bond acceptors (Lipinski definition) is 6. The Hall–Kier alpha value is -2.45. The zero-order chi connectivity index (χ0) is 15.7. The van der Waals surface area contributed by atoms with Crippen molar-refractivity contribution in [1.29, 1.82) is 0 Å². The molecule has 8 heteroatoms. The van der Waals surface area contributed by atoms with Crippen LogP contribution in [0.2, 0.25) is 0 Å². The fourth-order valence-electron chi connectivity index (χ4n) is 2.38. The molecule has 22 heavy (non-hydrogen) atoms. The lowest BCUT2D eigenvalue weighted by Crippen LogP contribution is -2.49. The molecule has 116 valence electrons. The smallest absolute Gasteiger partial charge is 0.270 e. The Labute approximate surface area is 125 Å². The molecule has 3 heterocycles. The van der Waals surface area contributed by atoms with Gasteiger partial charge in [0.1, 0.15) is 5.56 Å². The highest BCUT2D eigenvalue weighted by molar-refractivity contribution is 5.94. The number of ether oxygens (including phenoxy) is 1. The van der Waals surface area contributed by atoms with Crippen molar-refractivity contribution in [2.24, 2.45) is 0 Å². The highest BCUT2D eigenvalue weighted by atomic mass is 16.5. The van der Waals surface area contributed by atoms with Gasteiger partial charge >= 0.3 is 0 Å². The zero-order valence-corrected chi connectivity index (χ0v) is 11.6. The van der Waals surface area contributed by atoms with Crippen LogP contribution in [0.15, 0.2) is 29.3 Å². The van der Waals surface area contributed by atoms with Gasteiger partial charge in [0.25, 0.3) is 11.5 Å². The highest BCUT2D eigenvalue weighted by Crippen LogP contribution is 2.13. The van der Waals surface area contributed by atoms with Crippen molar-refractivity contribution in [3.63, 3.8) is 0 Å². The van der Waals surface area contributed by atoms with E-state index in [1.165, 1.54) is 18.3 Å². The molecule has 1 fully saturated rings. The van der Waals surface area contributed by atoms with Crippen molar-refractivity contribution in [1.82, 2.24) is 14.7 Å². The second-order valence-corrected chi connectivity index (χ2v) is 5.07. The predicted molar refractivity (Wildman–Crippen MR) is 75.8 cm³/mol. The Morgan fingerprint density at radius 3 is 3.09 bits per heavy atom. The van der Waals surface area contributed by atoms with Crippen molar-refractivity contribution in [3.8, 4) is 5.75 Å². The second kappa shape index (κ2) is 5.74. The predicted octanol–water partition coefficient (Wildman–Crippen LogP) is -0.720. The molecule has 3 rings (SSSR count). The first-order valence-electron chi connectivity index (χ1n) is 6.84. The van der Waals surface area contributed by atoms with E-state index in [2.05, 4.69) is 10.3 Å². The molecule has 0 aliphatic carbocycles. The van der Waals surface area contributed by atoms with Gasteiger partial charge in [0.2, 0.25) is 0 Å². The number of aliphatic hydroxyl groups is 1. The summed E-state index contributed by atoms with van der Waals surface area (Å²) in [5.74, 6) is -0.757. The standard InChI is InChI=1S/C14H15N3O5/c18-10-2-1-4-17-12(10)15-6-8(14(17)21)13(20)16-9-3-5-22-7-11(9)19/h1-2,4,6,9,11,18-19H,3,5,7H2,(H,16,20)/t9-,11-/m1/s1. The van der Waals surface area contributed by atoms with Crippen LogP contribution in [0.5, 0.6) is 5.75 Å². The third kappa shape index (κ3) is 2.53. The van der Waals surface area contributed by atoms with Crippen molar-refractivity contribution >= 4 is 11.6 Å². The van der Waals surface area contributed by atoms with Gasteiger partial charge in [-0.25, -0.2) is 4.98 Å². The first-order chi connectivity index (χ1) is 10.6. The second-order valence-electron chi connectivity index (χ2n) is 5.07. The topological polar surface area (TPSA) is 113 Å². The summed E-state index contributed by atoms with van der Waals surface area (Å²) >= 11 is 0. The van der Waals surface area contributed by atoms with E-state index in [1.54, 1.807) is 0 Å². The first-order valence-corrected chi connectivity index (χ1v) is 6.84. The number of aromatic nitrogens is 2. The monoisotopic (exact) mass is 305 g/mol. The molecular formula is C14H15N3O5. The van der Waals surface area contributed by atoms with Crippen LogP contribution in [0.3, 0.4) is 0 Å². The number of carbonyl (C=O) groups is 1. The number of fused-ring (bicyclic) bond motifs is 1. The molecule has 0 saturated carbocycles. The van der Waals surface area contributed by atoms with Gasteiger partial charge in [0.05, 0.1) is 18.8 Å². The highest BCUT2D eigenvalue weighted by Gasteiger charge is 2.26. The Kier molecular flexibility index (Phi) is 3.78. The minimum absolute atomic E-state index is 0.0788. The molecule has 3 N–H and O–H groups in total. The van der Waals surface area contributed by atoms with Crippen LogP contribution >= 0.6 is 0 Å². The number of rotatable bonds is 2. The molecule has 8 nitrogen and oxygen atoms in total. The van der Waals surface area contributed by atoms with E-state index >= 15 is 0 Å². The molecule has 0 aromatic carbocycles. The fraction of sp³-hybridized carbons (Fsp3) is 0.357. The Morgan fingerprint density at radius 2 is 2.32 bits per heavy atom. The molecule has 1 aliphatic rings. The number of nitrogens with one attached hydrogen (secondary N) is 1. The zero-order valence-electron chi connectivity index (χ0n) is 11.6. The van der Waals surface area contributed by atoms with Crippen molar-refractivity contribution in [3.05, 3.63) is 40.4 Å². The van der Waals surface area contributed by atoms with Gasteiger partial charge in [0.15, 0.2) is 11.4 Å². The first kappa shape index (κ1) is 14.5. The van der Waals surface area contributed by atoms with E-state index in [9.17, 15) is 19.8 Å². The number of hydrogen-bond donors (Lipinski definition) is 3. The largest absolute Gasteiger partial charge is 0.504 e. The number of aromatic hydroxyl groups is 1. The molecular weight excluding hydrogens is 290 g/mol. The molecule has 1 amide bonds. The van der Waals surface area contributed by atoms with Gasteiger partial charge in [-0.1, -0.05) is 0 Å². The van der Waals surface area contributed by atoms with Crippen molar-refractivity contribution in [2.75, 3.05) is 13.2 Å². The lowest BCUT2D eigenvalue weighted by Gasteiger charge is -2.28. The lowest BCUT2D eigenvalue weighted by molar-refractivity contribution is -0.0261. The molecule has 2 atom stereocenters. The van der Waals surface area contributed by atoms with Crippen LogP contribution in [0.1, 0.15) is 16.8 Å². The minimum Gasteiger partial charge on any atom is -0.504 e. The molecule has 2 aromatic rings. The summed E-state index contributed by atoms with van der Waals surface area (Å²) in [6.07, 6.45) is 2.21. The summed E-state index contributed by atoms with van der Waals surface area (Å²) in [6, 6.07) is 2.42. The molecule has 0 unspecified atom stereocenters. The number of pyridine rings is 1. The molecule has 1 aliphatic heterocycles. The van der Waals surface area contributed by atoms with E-state index in [4.69, 9.17) is 4.74 Å². The van der Waals surface area contributed by atoms with E-state index < -0.39 is 23.6 Å². The summed E-state index contributed by atoms with van der Waals surface area (Å²) in [5.41, 5.74) is -0.656. The SMILES string of the molecule is O=C(N[C@@H]1CCOC[C@H]1O)c1cnc2c(O)cccn2c1=O. The van der Waals surface area contributed by atoms with E-state index in [0.717, 1.165) is 10.6 Å². The van der Waals surface area contributed by atoms with Gasteiger partial charge < -0.3 is 20.3 Å². The number of amides is 1. The third-order valence-electron chi connectivity index (χ3n) is 3.60. The van der Waals surface area contributed by atoms with Crippen LogP contribution in [-0.4, -0.2) is 50.9 Å². The van der Waals surface area contributed by atoms with E-state index in [1.807, 2.05) is 0 Å². The summed E-state index contributed by atoms with van der Waals surface area (Å²) in [6.45, 7) is 0.582. The quantitative estimate of drug-likeness (QED) is 0.675. The summed E-state index contributed by atoms with van der Waals surface area (Å²) in [4.78, 5) is 28.5. The van der Waals surface area contributed by atoms with E-state index in [-0.39, 0.29) is 23.6 Å². The molecule has 1 saturated heterocycles. The van der Waals surface area contributed by atoms with Gasteiger partial charge in [-0.15, -0.1) is 0 Å². The summed E-state index contributed by atoms with van der Waals surface area (Å²) in [7, 11) is 0. The van der Waals surface area contributed by atoms with Crippen LogP contribution in [0.4, 0.5) is 0 Å². The lowest BCUT2D eigenvalue weighted by atomic mass is 10.1. The van der Waals surface area contributed by atoms with Crippen LogP contribution in [0.25, 0.3) is 5.65 Å². The molecule has 0 bridgehead atoms. The number of aliphatic hydroxyl groups excluding tert-OH is 1. The molecule has 0 spiro atoms. The maximum Gasteiger partial charge on any atom is 0.270 e. The maximum atomic E-state index is 12.3. The van der Waals surface area contributed by atoms with Crippen LogP contribution in [-0.2, 0) is 4.74 Å². The average molecular weight is 305 g/mol. The third-order valence-corrected chi connectivity index (χ3v) is 3.60. The van der Waals surface area contributed by atoms with Gasteiger partial charge in [-0.05, 0) is 18.6 Å². The van der Waals surface area contributed by atoms with Crippen molar-refractivity contribution in [2.45, 2.75) is 18.6 Å². The number of carbonyl (C=O) groups excluding carboxylic acids is 1. The fourth-order valence-corrected chi connectivity index (χ4v) is 2.38. The van der Waals surface area contributed by atoms with E-state index in [0.29, 0.717) is 13.0 Å². The van der Waals surface area contributed by atoms with Gasteiger partial charge in [-0.2, -0.15) is 0 Å². The van der Waals surface area contributed by atoms with Crippen molar-refractivity contribution < 1.29 is 19.7 Å². The molecule has 2 aromatic heterocycles. The Balaban J connectivity index is 1.91. The normalized spacial score (nSPS) is 21.7. The number of nitrogens with zero attached hydrogens (tertiary/aromatic N) is 2.